The summed E-state index contributed by atoms with van der Waals surface area (Å²) in [5.41, 5.74) is 0.851. The second kappa shape index (κ2) is 6.33. The molecule has 0 spiro atoms. The summed E-state index contributed by atoms with van der Waals surface area (Å²) in [5.74, 6) is -0.388. The Bertz CT molecular complexity index is 740. The van der Waals surface area contributed by atoms with E-state index in [1.807, 2.05) is 24.3 Å². The first-order valence-corrected chi connectivity index (χ1v) is 8.07. The number of urea groups is 1. The summed E-state index contributed by atoms with van der Waals surface area (Å²) in [4.78, 5) is 42.2. The van der Waals surface area contributed by atoms with Gasteiger partial charge in [0.1, 0.15) is 6.54 Å². The van der Waals surface area contributed by atoms with Crippen molar-refractivity contribution in [2.45, 2.75) is 12.8 Å². The standard InChI is InChI=1S/C15H16N4O3S/c1-18-9-13(21)19(15(18)22)8-4-7-12(20)17-14-16-10-5-2-3-6-11(10)23-14/h2-3,5-6H,4,7-9H2,1H3,(H,16,17,20). The van der Waals surface area contributed by atoms with E-state index < -0.39 is 0 Å². The SMILES string of the molecule is CN1CC(=O)N(CCCC(=O)Nc2nc3ccccc3s2)C1=O. The molecule has 120 valence electrons. The fourth-order valence-electron chi connectivity index (χ4n) is 2.39. The van der Waals surface area contributed by atoms with E-state index in [1.54, 1.807) is 7.05 Å². The van der Waals surface area contributed by atoms with Crippen molar-refractivity contribution >= 4 is 44.5 Å². The molecule has 2 aromatic rings. The van der Waals surface area contributed by atoms with Gasteiger partial charge in [0.25, 0.3) is 0 Å². The van der Waals surface area contributed by atoms with Crippen LogP contribution in [-0.2, 0) is 9.59 Å². The highest BCUT2D eigenvalue weighted by Gasteiger charge is 2.32. The molecule has 0 radical (unpaired) electrons. The molecular formula is C15H16N4O3S. The Morgan fingerprint density at radius 3 is 2.83 bits per heavy atom. The lowest BCUT2D eigenvalue weighted by molar-refractivity contribution is -0.125. The molecule has 4 amide bonds. The Morgan fingerprint density at radius 1 is 1.35 bits per heavy atom. The second-order valence-corrected chi connectivity index (χ2v) is 6.35. The molecule has 1 fully saturated rings. The number of aromatic nitrogens is 1. The van der Waals surface area contributed by atoms with Gasteiger partial charge in [-0.1, -0.05) is 23.5 Å². The highest BCUT2D eigenvalue weighted by molar-refractivity contribution is 7.22. The summed E-state index contributed by atoms with van der Waals surface area (Å²) < 4.78 is 1.01. The lowest BCUT2D eigenvalue weighted by Gasteiger charge is -2.13. The zero-order valence-corrected chi connectivity index (χ0v) is 13.4. The van der Waals surface area contributed by atoms with E-state index in [-0.39, 0.29) is 37.4 Å². The molecule has 0 aliphatic carbocycles. The van der Waals surface area contributed by atoms with E-state index in [2.05, 4.69) is 10.3 Å². The quantitative estimate of drug-likeness (QED) is 0.848. The highest BCUT2D eigenvalue weighted by Crippen LogP contribution is 2.25. The number of rotatable bonds is 5. The number of amides is 4. The van der Waals surface area contributed by atoms with Crippen molar-refractivity contribution in [1.82, 2.24) is 14.8 Å². The van der Waals surface area contributed by atoms with Crippen LogP contribution in [-0.4, -0.2) is 52.8 Å². The van der Waals surface area contributed by atoms with Crippen molar-refractivity contribution in [3.05, 3.63) is 24.3 Å². The molecule has 3 rings (SSSR count). The van der Waals surface area contributed by atoms with Crippen molar-refractivity contribution in [1.29, 1.82) is 0 Å². The van der Waals surface area contributed by atoms with E-state index in [0.29, 0.717) is 11.6 Å². The van der Waals surface area contributed by atoms with Crippen LogP contribution in [0.5, 0.6) is 0 Å². The largest absolute Gasteiger partial charge is 0.326 e. The summed E-state index contributed by atoms with van der Waals surface area (Å²) >= 11 is 1.42. The van der Waals surface area contributed by atoms with Gasteiger partial charge in [-0.05, 0) is 18.6 Å². The number of fused-ring (bicyclic) bond motifs is 1. The molecule has 1 N–H and O–H groups in total. The van der Waals surface area contributed by atoms with Gasteiger partial charge in [0.2, 0.25) is 11.8 Å². The first kappa shape index (κ1) is 15.4. The first-order valence-electron chi connectivity index (χ1n) is 7.25. The van der Waals surface area contributed by atoms with Crippen molar-refractivity contribution in [2.24, 2.45) is 0 Å². The van der Waals surface area contributed by atoms with Crippen LogP contribution in [0.1, 0.15) is 12.8 Å². The third kappa shape index (κ3) is 3.31. The minimum atomic E-state index is -0.304. The zero-order valence-electron chi connectivity index (χ0n) is 12.6. The summed E-state index contributed by atoms with van der Waals surface area (Å²) in [6, 6.07) is 7.36. The first-order chi connectivity index (χ1) is 11.0. The van der Waals surface area contributed by atoms with Gasteiger partial charge in [-0.3, -0.25) is 14.5 Å². The molecule has 8 heteroatoms. The molecule has 1 aromatic carbocycles. The summed E-state index contributed by atoms with van der Waals surface area (Å²) in [6.07, 6.45) is 0.665. The lowest BCUT2D eigenvalue weighted by Crippen LogP contribution is -2.32. The predicted molar refractivity (Wildman–Crippen MR) is 87.2 cm³/mol. The van der Waals surface area contributed by atoms with E-state index in [0.717, 1.165) is 10.2 Å². The highest BCUT2D eigenvalue weighted by atomic mass is 32.1. The van der Waals surface area contributed by atoms with Crippen LogP contribution in [0.3, 0.4) is 0 Å². The molecule has 0 saturated carbocycles. The Kier molecular flexibility index (Phi) is 4.24. The van der Waals surface area contributed by atoms with Crippen molar-refractivity contribution in [3.63, 3.8) is 0 Å². The van der Waals surface area contributed by atoms with Crippen LogP contribution in [0.4, 0.5) is 9.93 Å². The fourth-order valence-corrected chi connectivity index (χ4v) is 3.28. The molecule has 0 bridgehead atoms. The maximum Gasteiger partial charge on any atom is 0.326 e. The number of thiazole rings is 1. The number of carbonyl (C=O) groups is 3. The molecule has 0 unspecified atom stereocenters. The van der Waals surface area contributed by atoms with Crippen molar-refractivity contribution in [2.75, 3.05) is 25.5 Å². The maximum atomic E-state index is 11.9. The number of carbonyl (C=O) groups excluding carboxylic acids is 3. The van der Waals surface area contributed by atoms with E-state index in [1.165, 1.54) is 21.1 Å². The van der Waals surface area contributed by atoms with Crippen molar-refractivity contribution in [3.8, 4) is 0 Å². The van der Waals surface area contributed by atoms with Crippen LogP contribution in [0, 0.1) is 0 Å². The Balaban J connectivity index is 1.50. The van der Waals surface area contributed by atoms with Crippen LogP contribution < -0.4 is 5.32 Å². The van der Waals surface area contributed by atoms with Crippen LogP contribution in [0.2, 0.25) is 0 Å². The van der Waals surface area contributed by atoms with Gasteiger partial charge in [-0.25, -0.2) is 9.78 Å². The summed E-state index contributed by atoms with van der Waals surface area (Å²) in [5, 5.41) is 3.32. The number of hydrogen-bond acceptors (Lipinski definition) is 5. The van der Waals surface area contributed by atoms with E-state index in [4.69, 9.17) is 0 Å². The molecule has 1 aliphatic heterocycles. The summed E-state index contributed by atoms with van der Waals surface area (Å²) in [7, 11) is 1.58. The number of benzene rings is 1. The number of nitrogens with one attached hydrogen (secondary N) is 1. The van der Waals surface area contributed by atoms with Gasteiger partial charge in [0.15, 0.2) is 5.13 Å². The van der Waals surface area contributed by atoms with E-state index >= 15 is 0 Å². The number of anilines is 1. The topological polar surface area (TPSA) is 82.6 Å². The Labute approximate surface area is 136 Å². The average Bonchev–Trinajstić information content (AvgIpc) is 3.02. The molecular weight excluding hydrogens is 316 g/mol. The van der Waals surface area contributed by atoms with Gasteiger partial charge >= 0.3 is 6.03 Å². The smallest absolute Gasteiger partial charge is 0.318 e. The van der Waals surface area contributed by atoms with Gasteiger partial charge in [-0.2, -0.15) is 0 Å². The molecule has 23 heavy (non-hydrogen) atoms. The summed E-state index contributed by atoms with van der Waals surface area (Å²) in [6.45, 7) is 0.367. The lowest BCUT2D eigenvalue weighted by atomic mass is 10.3. The van der Waals surface area contributed by atoms with Gasteiger partial charge < -0.3 is 10.2 Å². The van der Waals surface area contributed by atoms with Crippen molar-refractivity contribution < 1.29 is 14.4 Å². The third-order valence-electron chi connectivity index (χ3n) is 3.56. The maximum absolute atomic E-state index is 11.9. The molecule has 1 saturated heterocycles. The number of hydrogen-bond donors (Lipinski definition) is 1. The van der Waals surface area contributed by atoms with Gasteiger partial charge in [-0.15, -0.1) is 0 Å². The second-order valence-electron chi connectivity index (χ2n) is 5.32. The number of likely N-dealkylation sites (N-methyl/N-ethyl adjacent to an activating group) is 1. The van der Waals surface area contributed by atoms with Crippen LogP contribution in [0.25, 0.3) is 10.2 Å². The van der Waals surface area contributed by atoms with Crippen LogP contribution in [0.15, 0.2) is 24.3 Å². The molecule has 1 aliphatic rings. The van der Waals surface area contributed by atoms with E-state index in [9.17, 15) is 14.4 Å². The molecule has 1 aromatic heterocycles. The molecule has 0 atom stereocenters. The third-order valence-corrected chi connectivity index (χ3v) is 4.51. The minimum absolute atomic E-state index is 0.108. The zero-order chi connectivity index (χ0) is 16.4. The van der Waals surface area contributed by atoms with Gasteiger partial charge in [0, 0.05) is 20.0 Å². The fraction of sp³-hybridized carbons (Fsp3) is 0.333. The molecule has 2 heterocycles. The average molecular weight is 332 g/mol. The minimum Gasteiger partial charge on any atom is -0.318 e. The monoisotopic (exact) mass is 332 g/mol. The number of para-hydroxylation sites is 1. The number of imide groups is 1. The Morgan fingerprint density at radius 2 is 2.13 bits per heavy atom. The normalized spacial score (nSPS) is 14.8. The van der Waals surface area contributed by atoms with Crippen LogP contribution >= 0.6 is 11.3 Å². The Hall–Kier alpha value is -2.48. The molecule has 7 nitrogen and oxygen atoms in total. The predicted octanol–water partition coefficient (Wildman–Crippen LogP) is 1.91. The number of nitrogens with zero attached hydrogens (tertiary/aromatic N) is 3. The van der Waals surface area contributed by atoms with Gasteiger partial charge in [0.05, 0.1) is 10.2 Å².